The number of halogens is 4. The molecule has 3 N–H and O–H groups in total. The summed E-state index contributed by atoms with van der Waals surface area (Å²) in [4.78, 5) is 22.9. The summed E-state index contributed by atoms with van der Waals surface area (Å²) in [6, 6.07) is 10.2. The maximum Gasteiger partial charge on any atom is 0.271 e. The van der Waals surface area contributed by atoms with Crippen LogP contribution in [0.2, 0.25) is 5.02 Å². The van der Waals surface area contributed by atoms with Crippen molar-refractivity contribution in [2.75, 3.05) is 12.4 Å². The van der Waals surface area contributed by atoms with E-state index in [2.05, 4.69) is 16.0 Å². The van der Waals surface area contributed by atoms with Gasteiger partial charge in [0, 0.05) is 12.1 Å². The van der Waals surface area contributed by atoms with Gasteiger partial charge in [0.2, 0.25) is 3.79 Å². The molecule has 0 aliphatic carbocycles. The van der Waals surface area contributed by atoms with Crippen molar-refractivity contribution in [3.05, 3.63) is 63.2 Å². The highest BCUT2D eigenvalue weighted by Gasteiger charge is 2.35. The standard InChI is InChI=1S/C17H14Cl4N4O4S/c1-29-13-7-6-9(25(27)28)8-12(13)22-16(30)24-15(17(19,20)21)23-14(26)10-4-2-3-5-11(10)18/h2-8,15H,1H3,(H,23,26)(H2,22,24,30)/t15-/m1/s1. The van der Waals surface area contributed by atoms with Crippen LogP contribution in [0.5, 0.6) is 5.75 Å². The molecule has 0 aliphatic rings. The third-order valence-corrected chi connectivity index (χ3v) is 4.84. The second kappa shape index (κ2) is 10.3. The first-order chi connectivity index (χ1) is 14.0. The second-order valence-electron chi connectivity index (χ2n) is 5.67. The SMILES string of the molecule is COc1ccc([N+](=O)[O-])cc1NC(=S)N[C@@H](NC(=O)c1ccccc1Cl)C(Cl)(Cl)Cl. The molecule has 0 unspecified atom stereocenters. The molecule has 0 heterocycles. The minimum absolute atomic E-state index is 0.0930. The highest BCUT2D eigenvalue weighted by Crippen LogP contribution is 2.31. The van der Waals surface area contributed by atoms with Crippen molar-refractivity contribution in [2.45, 2.75) is 9.96 Å². The highest BCUT2D eigenvalue weighted by molar-refractivity contribution is 7.80. The summed E-state index contributed by atoms with van der Waals surface area (Å²) < 4.78 is 3.15. The van der Waals surface area contributed by atoms with Gasteiger partial charge in [0.1, 0.15) is 11.9 Å². The molecule has 160 valence electrons. The zero-order valence-electron chi connectivity index (χ0n) is 15.1. The van der Waals surface area contributed by atoms with Crippen molar-refractivity contribution >= 4 is 81.0 Å². The van der Waals surface area contributed by atoms with Crippen LogP contribution >= 0.6 is 58.6 Å². The summed E-state index contributed by atoms with van der Waals surface area (Å²) in [5, 5.41) is 19.0. The van der Waals surface area contributed by atoms with Crippen LogP contribution in [0.15, 0.2) is 42.5 Å². The number of hydrogen-bond acceptors (Lipinski definition) is 5. The van der Waals surface area contributed by atoms with Crippen LogP contribution in [0.3, 0.4) is 0 Å². The Bertz CT molecular complexity index is 971. The number of nitrogens with one attached hydrogen (secondary N) is 3. The Morgan fingerprint density at radius 2 is 1.87 bits per heavy atom. The van der Waals surface area contributed by atoms with Crippen molar-refractivity contribution in [1.29, 1.82) is 0 Å². The number of carbonyl (C=O) groups excluding carboxylic acids is 1. The molecule has 0 aromatic heterocycles. The van der Waals surface area contributed by atoms with Gasteiger partial charge in [-0.15, -0.1) is 0 Å². The van der Waals surface area contributed by atoms with E-state index in [4.69, 9.17) is 63.4 Å². The van der Waals surface area contributed by atoms with Gasteiger partial charge in [-0.1, -0.05) is 58.5 Å². The van der Waals surface area contributed by atoms with Gasteiger partial charge in [-0.3, -0.25) is 14.9 Å². The average Bonchev–Trinajstić information content (AvgIpc) is 2.66. The van der Waals surface area contributed by atoms with Gasteiger partial charge in [0.15, 0.2) is 5.11 Å². The molecule has 0 fully saturated rings. The molecule has 0 spiro atoms. The Morgan fingerprint density at radius 3 is 2.43 bits per heavy atom. The normalized spacial score (nSPS) is 11.9. The van der Waals surface area contributed by atoms with Gasteiger partial charge in [0.05, 0.1) is 28.3 Å². The van der Waals surface area contributed by atoms with Gasteiger partial charge in [-0.2, -0.15) is 0 Å². The van der Waals surface area contributed by atoms with Crippen LogP contribution in [0.4, 0.5) is 11.4 Å². The molecule has 0 aliphatic heterocycles. The van der Waals surface area contributed by atoms with Crippen LogP contribution < -0.4 is 20.7 Å². The topological polar surface area (TPSA) is 106 Å². The molecule has 0 saturated carbocycles. The third kappa shape index (κ3) is 6.48. The number of ether oxygens (including phenoxy) is 1. The number of benzene rings is 2. The fraction of sp³-hybridized carbons (Fsp3) is 0.176. The largest absolute Gasteiger partial charge is 0.495 e. The molecule has 1 atom stereocenters. The van der Waals surface area contributed by atoms with Crippen molar-refractivity contribution in [2.24, 2.45) is 0 Å². The fourth-order valence-electron chi connectivity index (χ4n) is 2.25. The number of non-ortho nitro benzene ring substituents is 1. The number of methoxy groups -OCH3 is 1. The van der Waals surface area contributed by atoms with Crippen molar-refractivity contribution < 1.29 is 14.5 Å². The van der Waals surface area contributed by atoms with Crippen LogP contribution in [0.1, 0.15) is 10.4 Å². The summed E-state index contributed by atoms with van der Waals surface area (Å²) in [5.41, 5.74) is 0.176. The molecular weight excluding hydrogens is 498 g/mol. The second-order valence-corrected chi connectivity index (χ2v) is 8.85. The maximum absolute atomic E-state index is 12.5. The van der Waals surface area contributed by atoms with Crippen molar-refractivity contribution in [1.82, 2.24) is 10.6 Å². The van der Waals surface area contributed by atoms with Crippen molar-refractivity contribution in [3.63, 3.8) is 0 Å². The van der Waals surface area contributed by atoms with Gasteiger partial charge in [-0.05, 0) is 30.4 Å². The van der Waals surface area contributed by atoms with E-state index in [1.165, 1.54) is 37.4 Å². The fourth-order valence-corrected chi connectivity index (χ4v) is 3.03. The molecule has 2 aromatic rings. The van der Waals surface area contributed by atoms with Crippen LogP contribution in [-0.2, 0) is 0 Å². The summed E-state index contributed by atoms with van der Waals surface area (Å²) >= 11 is 29.1. The lowest BCUT2D eigenvalue weighted by atomic mass is 10.2. The zero-order valence-corrected chi connectivity index (χ0v) is 19.0. The van der Waals surface area contributed by atoms with E-state index in [-0.39, 0.29) is 32.8 Å². The molecule has 13 heteroatoms. The first kappa shape index (κ1) is 24.2. The first-order valence-corrected chi connectivity index (χ1v) is 9.97. The van der Waals surface area contributed by atoms with E-state index in [9.17, 15) is 14.9 Å². The number of amides is 1. The number of alkyl halides is 3. The molecule has 8 nitrogen and oxygen atoms in total. The summed E-state index contributed by atoms with van der Waals surface area (Å²) in [6.45, 7) is 0. The number of thiocarbonyl (C=S) groups is 1. The number of nitrogens with zero attached hydrogens (tertiary/aromatic N) is 1. The minimum atomic E-state index is -2.00. The maximum atomic E-state index is 12.5. The van der Waals surface area contributed by atoms with E-state index < -0.39 is 20.8 Å². The summed E-state index contributed by atoms with van der Waals surface area (Å²) in [7, 11) is 1.39. The lowest BCUT2D eigenvalue weighted by molar-refractivity contribution is -0.384. The molecule has 0 saturated heterocycles. The number of hydrogen-bond donors (Lipinski definition) is 3. The number of nitro groups is 1. The molecule has 2 rings (SSSR count). The van der Waals surface area contributed by atoms with Crippen LogP contribution in [0, 0.1) is 10.1 Å². The Balaban J connectivity index is 2.19. The average molecular weight is 512 g/mol. The molecule has 2 aromatic carbocycles. The Hall–Kier alpha value is -2.04. The predicted molar refractivity (Wildman–Crippen MR) is 122 cm³/mol. The van der Waals surface area contributed by atoms with E-state index in [1.54, 1.807) is 12.1 Å². The van der Waals surface area contributed by atoms with Crippen LogP contribution in [0.25, 0.3) is 0 Å². The van der Waals surface area contributed by atoms with E-state index in [0.717, 1.165) is 0 Å². The van der Waals surface area contributed by atoms with E-state index in [1.807, 2.05) is 0 Å². The Labute approximate surface area is 196 Å². The highest BCUT2D eigenvalue weighted by atomic mass is 35.6. The molecule has 0 bridgehead atoms. The molecule has 0 radical (unpaired) electrons. The quantitative estimate of drug-likeness (QED) is 0.170. The molecular formula is C17H14Cl4N4O4S. The first-order valence-electron chi connectivity index (χ1n) is 8.05. The third-order valence-electron chi connectivity index (χ3n) is 3.64. The molecule has 1 amide bonds. The summed E-state index contributed by atoms with van der Waals surface area (Å²) in [5.74, 6) is -0.324. The minimum Gasteiger partial charge on any atom is -0.495 e. The lowest BCUT2D eigenvalue weighted by Gasteiger charge is -2.28. The van der Waals surface area contributed by atoms with Gasteiger partial charge in [-0.25, -0.2) is 0 Å². The number of nitro benzene ring substituents is 1. The number of anilines is 1. The van der Waals surface area contributed by atoms with Crippen LogP contribution in [-0.4, -0.2) is 33.0 Å². The smallest absolute Gasteiger partial charge is 0.271 e. The van der Waals surface area contributed by atoms with Gasteiger partial charge in [0.25, 0.3) is 11.6 Å². The Morgan fingerprint density at radius 1 is 1.20 bits per heavy atom. The summed E-state index contributed by atoms with van der Waals surface area (Å²) in [6.07, 6.45) is -1.27. The van der Waals surface area contributed by atoms with Crippen molar-refractivity contribution in [3.8, 4) is 5.75 Å². The van der Waals surface area contributed by atoms with E-state index in [0.29, 0.717) is 0 Å². The zero-order chi connectivity index (χ0) is 22.5. The van der Waals surface area contributed by atoms with Gasteiger partial charge >= 0.3 is 0 Å². The Kier molecular flexibility index (Phi) is 8.34. The predicted octanol–water partition coefficient (Wildman–Crippen LogP) is 4.67. The number of carbonyl (C=O) groups is 1. The van der Waals surface area contributed by atoms with E-state index >= 15 is 0 Å². The van der Waals surface area contributed by atoms with Gasteiger partial charge < -0.3 is 20.7 Å². The molecule has 30 heavy (non-hydrogen) atoms. The monoisotopic (exact) mass is 510 g/mol. The number of rotatable bonds is 6. The lowest BCUT2D eigenvalue weighted by Crippen LogP contribution is -2.56.